The molecule has 7 nitrogen and oxygen atoms in total. The highest BCUT2D eigenvalue weighted by molar-refractivity contribution is 6.05. The number of benzene rings is 1. The zero-order valence-electron chi connectivity index (χ0n) is 15.8. The summed E-state index contributed by atoms with van der Waals surface area (Å²) >= 11 is 0. The van der Waals surface area contributed by atoms with E-state index in [4.69, 9.17) is 9.47 Å². The molecule has 0 aromatic heterocycles. The summed E-state index contributed by atoms with van der Waals surface area (Å²) in [6.45, 7) is 3.72. The second-order valence-electron chi connectivity index (χ2n) is 6.94. The molecule has 0 bridgehead atoms. The maximum Gasteiger partial charge on any atom is 0.302 e. The van der Waals surface area contributed by atoms with Gasteiger partial charge < -0.3 is 14.4 Å². The van der Waals surface area contributed by atoms with E-state index in [1.54, 1.807) is 0 Å². The van der Waals surface area contributed by atoms with Crippen molar-refractivity contribution >= 4 is 23.5 Å². The molecule has 1 aromatic carbocycles. The van der Waals surface area contributed by atoms with Gasteiger partial charge in [0, 0.05) is 19.0 Å². The molecule has 27 heavy (non-hydrogen) atoms. The van der Waals surface area contributed by atoms with E-state index in [0.29, 0.717) is 32.3 Å². The van der Waals surface area contributed by atoms with Crippen molar-refractivity contribution in [3.05, 3.63) is 23.8 Å². The summed E-state index contributed by atoms with van der Waals surface area (Å²) in [6, 6.07) is 5.90. The Kier molecular flexibility index (Phi) is 6.68. The van der Waals surface area contributed by atoms with E-state index in [1.807, 2.05) is 23.1 Å². The van der Waals surface area contributed by atoms with Crippen molar-refractivity contribution in [3.63, 3.8) is 0 Å². The number of carbonyl (C=O) groups excluding carboxylic acids is 2. The molecule has 2 heterocycles. The second kappa shape index (κ2) is 9.39. The van der Waals surface area contributed by atoms with Crippen LogP contribution in [-0.4, -0.2) is 42.5 Å². The Balaban J connectivity index is 1.31. The van der Waals surface area contributed by atoms with Gasteiger partial charge in [0.15, 0.2) is 0 Å². The number of esters is 1. The van der Waals surface area contributed by atoms with Crippen LogP contribution in [0.2, 0.25) is 0 Å². The highest BCUT2D eigenvalue weighted by Crippen LogP contribution is 2.30. The molecule has 0 aliphatic carbocycles. The van der Waals surface area contributed by atoms with Crippen LogP contribution in [0.3, 0.4) is 0 Å². The number of carbonyl (C=O) groups is 2. The summed E-state index contributed by atoms with van der Waals surface area (Å²) in [5, 5.41) is 2.77. The van der Waals surface area contributed by atoms with Crippen LogP contribution in [0.5, 0.6) is 5.75 Å². The van der Waals surface area contributed by atoms with Crippen molar-refractivity contribution in [2.24, 2.45) is 4.99 Å². The first-order valence-electron chi connectivity index (χ1n) is 9.64. The molecule has 1 amide bonds. The van der Waals surface area contributed by atoms with Crippen LogP contribution in [0.25, 0.3) is 0 Å². The Labute approximate surface area is 159 Å². The minimum atomic E-state index is -0.202. The molecule has 0 spiro atoms. The monoisotopic (exact) mass is 373 g/mol. The van der Waals surface area contributed by atoms with Gasteiger partial charge in [0.05, 0.1) is 18.9 Å². The first-order chi connectivity index (χ1) is 13.1. The number of nitrogens with one attached hydrogen (secondary N) is 1. The van der Waals surface area contributed by atoms with Gasteiger partial charge in [-0.2, -0.15) is 0 Å². The molecule has 3 rings (SSSR count). The van der Waals surface area contributed by atoms with Gasteiger partial charge in [-0.3, -0.25) is 14.9 Å². The lowest BCUT2D eigenvalue weighted by Crippen LogP contribution is -2.31. The van der Waals surface area contributed by atoms with Crippen molar-refractivity contribution < 1.29 is 19.1 Å². The lowest BCUT2D eigenvalue weighted by molar-refractivity contribution is -0.141. The topological polar surface area (TPSA) is 80.2 Å². The van der Waals surface area contributed by atoms with E-state index >= 15 is 0 Å². The average molecular weight is 373 g/mol. The quantitative estimate of drug-likeness (QED) is 0.504. The summed E-state index contributed by atoms with van der Waals surface area (Å²) in [4.78, 5) is 28.6. The maximum absolute atomic E-state index is 11.5. The third-order valence-electron chi connectivity index (χ3n) is 4.64. The van der Waals surface area contributed by atoms with Gasteiger partial charge in [-0.25, -0.2) is 4.99 Å². The molecular formula is C20H27N3O4. The Morgan fingerprint density at radius 2 is 1.85 bits per heavy atom. The highest BCUT2D eigenvalue weighted by Gasteiger charge is 2.29. The minimum absolute atomic E-state index is 0.00981. The predicted molar refractivity (Wildman–Crippen MR) is 102 cm³/mol. The fourth-order valence-corrected chi connectivity index (χ4v) is 3.25. The number of hydrogen-bond acceptors (Lipinski definition) is 6. The Morgan fingerprint density at radius 3 is 2.63 bits per heavy atom. The predicted octanol–water partition coefficient (Wildman–Crippen LogP) is 2.90. The number of amides is 1. The molecular weight excluding hydrogens is 346 g/mol. The van der Waals surface area contributed by atoms with E-state index in [9.17, 15) is 9.59 Å². The third kappa shape index (κ3) is 5.70. The molecule has 0 unspecified atom stereocenters. The van der Waals surface area contributed by atoms with Crippen LogP contribution in [0.4, 0.5) is 5.69 Å². The number of ether oxygens (including phenoxy) is 2. The van der Waals surface area contributed by atoms with Gasteiger partial charge in [0.25, 0.3) is 0 Å². The molecule has 1 saturated heterocycles. The van der Waals surface area contributed by atoms with Gasteiger partial charge in [0.1, 0.15) is 12.3 Å². The normalized spacial score (nSPS) is 14.9. The fraction of sp³-hybridized carbons (Fsp3) is 0.550. The molecule has 0 saturated carbocycles. The van der Waals surface area contributed by atoms with Crippen molar-refractivity contribution in [1.82, 2.24) is 10.2 Å². The molecule has 0 atom stereocenters. The molecule has 1 aromatic rings. The SMILES string of the molecule is CC(=O)OCCCCCCCCOc1ccc2c(c1)CN1CC(=O)NC1=N2. The molecule has 1 fully saturated rings. The van der Waals surface area contributed by atoms with Gasteiger partial charge >= 0.3 is 5.97 Å². The Bertz CT molecular complexity index is 717. The number of nitrogens with zero attached hydrogens (tertiary/aromatic N) is 2. The first-order valence-corrected chi connectivity index (χ1v) is 9.64. The van der Waals surface area contributed by atoms with Gasteiger partial charge in [-0.15, -0.1) is 0 Å². The zero-order chi connectivity index (χ0) is 19.1. The fourth-order valence-electron chi connectivity index (χ4n) is 3.25. The highest BCUT2D eigenvalue weighted by atomic mass is 16.5. The van der Waals surface area contributed by atoms with Crippen molar-refractivity contribution in [2.45, 2.75) is 52.0 Å². The summed E-state index contributed by atoms with van der Waals surface area (Å²) in [6.07, 6.45) is 6.51. The maximum atomic E-state index is 11.5. The van der Waals surface area contributed by atoms with E-state index in [-0.39, 0.29) is 11.9 Å². The lowest BCUT2D eigenvalue weighted by Gasteiger charge is -2.23. The zero-order valence-corrected chi connectivity index (χ0v) is 15.8. The van der Waals surface area contributed by atoms with Gasteiger partial charge in [0.2, 0.25) is 11.9 Å². The van der Waals surface area contributed by atoms with Crippen LogP contribution in [0.15, 0.2) is 23.2 Å². The Morgan fingerprint density at radius 1 is 1.11 bits per heavy atom. The van der Waals surface area contributed by atoms with Crippen LogP contribution in [0, 0.1) is 0 Å². The van der Waals surface area contributed by atoms with Crippen LogP contribution >= 0.6 is 0 Å². The van der Waals surface area contributed by atoms with Crippen molar-refractivity contribution in [3.8, 4) is 5.75 Å². The van der Waals surface area contributed by atoms with Crippen LogP contribution in [-0.2, 0) is 20.9 Å². The van der Waals surface area contributed by atoms with E-state index < -0.39 is 0 Å². The molecule has 7 heteroatoms. The largest absolute Gasteiger partial charge is 0.494 e. The van der Waals surface area contributed by atoms with Crippen LogP contribution < -0.4 is 10.1 Å². The van der Waals surface area contributed by atoms with Gasteiger partial charge in [-0.05, 0) is 31.0 Å². The van der Waals surface area contributed by atoms with Crippen LogP contribution in [0.1, 0.15) is 51.0 Å². The second-order valence-corrected chi connectivity index (χ2v) is 6.94. The number of fused-ring (bicyclic) bond motifs is 2. The number of hydrogen-bond donors (Lipinski definition) is 1. The number of aliphatic imine (C=N–C) groups is 1. The summed E-state index contributed by atoms with van der Waals surface area (Å²) in [7, 11) is 0. The summed E-state index contributed by atoms with van der Waals surface area (Å²) in [5.74, 6) is 1.29. The van der Waals surface area contributed by atoms with E-state index in [1.165, 1.54) is 13.3 Å². The Hall–Kier alpha value is -2.57. The average Bonchev–Trinajstić information content (AvgIpc) is 2.99. The molecule has 2 aliphatic heterocycles. The van der Waals surface area contributed by atoms with Crippen molar-refractivity contribution in [2.75, 3.05) is 19.8 Å². The first kappa shape index (κ1) is 19.2. The van der Waals surface area contributed by atoms with Crippen molar-refractivity contribution in [1.29, 1.82) is 0 Å². The smallest absolute Gasteiger partial charge is 0.302 e. The summed E-state index contributed by atoms with van der Waals surface area (Å²) in [5.41, 5.74) is 1.98. The summed E-state index contributed by atoms with van der Waals surface area (Å²) < 4.78 is 10.8. The van der Waals surface area contributed by atoms with Gasteiger partial charge in [-0.1, -0.05) is 25.7 Å². The minimum Gasteiger partial charge on any atom is -0.494 e. The van der Waals surface area contributed by atoms with E-state index in [2.05, 4.69) is 10.3 Å². The molecule has 2 aliphatic rings. The number of rotatable bonds is 10. The standard InChI is InChI=1S/C20H27N3O4/c1-15(24)26-10-6-4-2-3-5-7-11-27-17-8-9-18-16(12-17)13-23-14-19(25)22-20(23)21-18/h8-9,12H,2-7,10-11,13-14H2,1H3,(H,21,22,25). The molecule has 0 radical (unpaired) electrons. The number of guanidine groups is 1. The molecule has 146 valence electrons. The molecule has 1 N–H and O–H groups in total. The number of unbranched alkanes of at least 4 members (excludes halogenated alkanes) is 5. The van der Waals surface area contributed by atoms with E-state index in [0.717, 1.165) is 49.1 Å². The third-order valence-corrected chi connectivity index (χ3v) is 4.64. The lowest BCUT2D eigenvalue weighted by atomic mass is 10.1.